The molecule has 0 bridgehead atoms. The van der Waals surface area contributed by atoms with Crippen molar-refractivity contribution in [3.8, 4) is 5.75 Å². The fraction of sp³-hybridized carbons (Fsp3) is 0.235. The SMILES string of the molecule is CC[C@@H]1CN(C(=O)Nc2cc(F)ccc2F)c2ccccc2O1. The van der Waals surface area contributed by atoms with Crippen LogP contribution in [0.4, 0.5) is 25.0 Å². The summed E-state index contributed by atoms with van der Waals surface area (Å²) in [6, 6.07) is 9.55. The minimum absolute atomic E-state index is 0.145. The summed E-state index contributed by atoms with van der Waals surface area (Å²) in [6.07, 6.45) is 0.583. The van der Waals surface area contributed by atoms with Gasteiger partial charge < -0.3 is 10.1 Å². The number of hydrogen-bond acceptors (Lipinski definition) is 2. The van der Waals surface area contributed by atoms with Gasteiger partial charge in [0.15, 0.2) is 0 Å². The summed E-state index contributed by atoms with van der Waals surface area (Å²) in [6.45, 7) is 2.30. The molecular formula is C17H16F2N2O2. The molecule has 3 rings (SSSR count). The summed E-state index contributed by atoms with van der Waals surface area (Å²) in [4.78, 5) is 14.0. The molecule has 0 aromatic heterocycles. The van der Waals surface area contributed by atoms with E-state index in [1.807, 2.05) is 13.0 Å². The molecule has 120 valence electrons. The van der Waals surface area contributed by atoms with Crippen molar-refractivity contribution >= 4 is 17.4 Å². The number of nitrogens with one attached hydrogen (secondary N) is 1. The van der Waals surface area contributed by atoms with E-state index in [-0.39, 0.29) is 11.8 Å². The summed E-state index contributed by atoms with van der Waals surface area (Å²) >= 11 is 0. The molecule has 2 amide bonds. The Labute approximate surface area is 132 Å². The van der Waals surface area contributed by atoms with Crippen LogP contribution in [-0.2, 0) is 0 Å². The van der Waals surface area contributed by atoms with E-state index in [9.17, 15) is 13.6 Å². The molecule has 0 fully saturated rings. The molecule has 0 radical (unpaired) electrons. The molecule has 1 heterocycles. The molecule has 1 aliphatic heterocycles. The predicted molar refractivity (Wildman–Crippen MR) is 83.9 cm³/mol. The van der Waals surface area contributed by atoms with Crippen molar-refractivity contribution in [3.05, 3.63) is 54.1 Å². The third kappa shape index (κ3) is 3.11. The number of fused-ring (bicyclic) bond motifs is 1. The topological polar surface area (TPSA) is 41.6 Å². The van der Waals surface area contributed by atoms with Crippen LogP contribution in [-0.4, -0.2) is 18.7 Å². The fourth-order valence-corrected chi connectivity index (χ4v) is 2.48. The Balaban J connectivity index is 1.88. The van der Waals surface area contributed by atoms with Crippen LogP contribution in [0.15, 0.2) is 42.5 Å². The molecule has 0 spiro atoms. The largest absolute Gasteiger partial charge is 0.486 e. The lowest BCUT2D eigenvalue weighted by molar-refractivity contribution is 0.188. The number of urea groups is 1. The fourth-order valence-electron chi connectivity index (χ4n) is 2.48. The second-order valence-corrected chi connectivity index (χ2v) is 5.28. The Bertz CT molecular complexity index is 736. The van der Waals surface area contributed by atoms with Crippen molar-refractivity contribution in [2.75, 3.05) is 16.8 Å². The lowest BCUT2D eigenvalue weighted by Gasteiger charge is -2.34. The third-order valence-corrected chi connectivity index (χ3v) is 3.71. The standard InChI is InChI=1S/C17H16F2N2O2/c1-2-12-10-21(15-5-3-4-6-16(15)23-12)17(22)20-14-9-11(18)7-8-13(14)19/h3-9,12H,2,10H2,1H3,(H,20,22)/t12-/m1/s1. The maximum absolute atomic E-state index is 13.7. The normalized spacial score (nSPS) is 16.5. The van der Waals surface area contributed by atoms with E-state index in [4.69, 9.17) is 4.74 Å². The summed E-state index contributed by atoms with van der Waals surface area (Å²) in [5.41, 5.74) is 0.415. The number of amides is 2. The van der Waals surface area contributed by atoms with Crippen LogP contribution in [0.2, 0.25) is 0 Å². The van der Waals surface area contributed by atoms with Gasteiger partial charge in [-0.15, -0.1) is 0 Å². The summed E-state index contributed by atoms with van der Waals surface area (Å²) in [7, 11) is 0. The molecule has 0 saturated heterocycles. The molecule has 0 saturated carbocycles. The van der Waals surface area contributed by atoms with E-state index >= 15 is 0 Å². The predicted octanol–water partition coefficient (Wildman–Crippen LogP) is 4.17. The van der Waals surface area contributed by atoms with Crippen LogP contribution < -0.4 is 15.0 Å². The van der Waals surface area contributed by atoms with E-state index in [2.05, 4.69) is 5.32 Å². The Morgan fingerprint density at radius 3 is 2.87 bits per heavy atom. The quantitative estimate of drug-likeness (QED) is 0.903. The first-order valence-electron chi connectivity index (χ1n) is 7.37. The second-order valence-electron chi connectivity index (χ2n) is 5.28. The molecule has 0 unspecified atom stereocenters. The number of benzene rings is 2. The number of para-hydroxylation sites is 2. The van der Waals surface area contributed by atoms with Gasteiger partial charge in [0.2, 0.25) is 0 Å². The Morgan fingerprint density at radius 1 is 1.30 bits per heavy atom. The highest BCUT2D eigenvalue weighted by molar-refractivity contribution is 6.03. The van der Waals surface area contributed by atoms with Gasteiger partial charge in [-0.05, 0) is 30.7 Å². The number of anilines is 2. The summed E-state index contributed by atoms with van der Waals surface area (Å²) < 4.78 is 32.8. The van der Waals surface area contributed by atoms with E-state index in [0.29, 0.717) is 18.0 Å². The van der Waals surface area contributed by atoms with Crippen molar-refractivity contribution < 1.29 is 18.3 Å². The van der Waals surface area contributed by atoms with Gasteiger partial charge in [0.1, 0.15) is 23.5 Å². The highest BCUT2D eigenvalue weighted by Gasteiger charge is 2.29. The molecule has 23 heavy (non-hydrogen) atoms. The monoisotopic (exact) mass is 318 g/mol. The Kier molecular flexibility index (Phi) is 4.14. The number of carbonyl (C=O) groups excluding carboxylic acids is 1. The molecule has 0 aliphatic carbocycles. The van der Waals surface area contributed by atoms with Crippen molar-refractivity contribution in [2.45, 2.75) is 19.4 Å². The van der Waals surface area contributed by atoms with Crippen LogP contribution in [0.1, 0.15) is 13.3 Å². The van der Waals surface area contributed by atoms with E-state index in [1.165, 1.54) is 4.90 Å². The van der Waals surface area contributed by atoms with Crippen molar-refractivity contribution in [1.82, 2.24) is 0 Å². The second kappa shape index (κ2) is 6.24. The maximum Gasteiger partial charge on any atom is 0.326 e. The van der Waals surface area contributed by atoms with Gasteiger partial charge in [0, 0.05) is 6.07 Å². The zero-order valence-corrected chi connectivity index (χ0v) is 12.6. The minimum atomic E-state index is -0.687. The number of carbonyl (C=O) groups is 1. The summed E-state index contributed by atoms with van der Waals surface area (Å²) in [5.74, 6) is -0.704. The van der Waals surface area contributed by atoms with Gasteiger partial charge in [-0.2, -0.15) is 0 Å². The van der Waals surface area contributed by atoms with Crippen molar-refractivity contribution in [1.29, 1.82) is 0 Å². The smallest absolute Gasteiger partial charge is 0.326 e. The van der Waals surface area contributed by atoms with Gasteiger partial charge >= 0.3 is 6.03 Å². The number of hydrogen-bond donors (Lipinski definition) is 1. The molecule has 6 heteroatoms. The molecule has 2 aromatic rings. The van der Waals surface area contributed by atoms with Crippen LogP contribution in [0.3, 0.4) is 0 Å². The van der Waals surface area contributed by atoms with Crippen LogP contribution in [0.25, 0.3) is 0 Å². The van der Waals surface area contributed by atoms with E-state index in [0.717, 1.165) is 24.6 Å². The average molecular weight is 318 g/mol. The maximum atomic E-state index is 13.7. The number of halogens is 2. The third-order valence-electron chi connectivity index (χ3n) is 3.71. The number of ether oxygens (including phenoxy) is 1. The van der Waals surface area contributed by atoms with Gasteiger partial charge in [-0.3, -0.25) is 4.90 Å². The van der Waals surface area contributed by atoms with Crippen molar-refractivity contribution in [3.63, 3.8) is 0 Å². The van der Waals surface area contributed by atoms with Gasteiger partial charge in [-0.25, -0.2) is 13.6 Å². The molecule has 1 atom stereocenters. The highest BCUT2D eigenvalue weighted by atomic mass is 19.1. The number of nitrogens with zero attached hydrogens (tertiary/aromatic N) is 1. The first kappa shape index (κ1) is 15.3. The molecule has 2 aromatic carbocycles. The van der Waals surface area contributed by atoms with Gasteiger partial charge in [-0.1, -0.05) is 19.1 Å². The Hall–Kier alpha value is -2.63. The molecule has 1 N–H and O–H groups in total. The number of rotatable bonds is 2. The first-order valence-corrected chi connectivity index (χ1v) is 7.37. The zero-order valence-electron chi connectivity index (χ0n) is 12.6. The average Bonchev–Trinajstić information content (AvgIpc) is 2.57. The van der Waals surface area contributed by atoms with Crippen LogP contribution in [0.5, 0.6) is 5.75 Å². The molecule has 1 aliphatic rings. The first-order chi connectivity index (χ1) is 11.1. The van der Waals surface area contributed by atoms with Crippen LogP contribution >= 0.6 is 0 Å². The minimum Gasteiger partial charge on any atom is -0.486 e. The lowest BCUT2D eigenvalue weighted by atomic mass is 10.1. The van der Waals surface area contributed by atoms with E-state index < -0.39 is 17.7 Å². The molecule has 4 nitrogen and oxygen atoms in total. The highest BCUT2D eigenvalue weighted by Crippen LogP contribution is 2.34. The summed E-state index contributed by atoms with van der Waals surface area (Å²) in [5, 5.41) is 2.42. The Morgan fingerprint density at radius 2 is 2.09 bits per heavy atom. The van der Waals surface area contributed by atoms with Gasteiger partial charge in [0.05, 0.1) is 17.9 Å². The van der Waals surface area contributed by atoms with E-state index in [1.54, 1.807) is 18.2 Å². The molecular weight excluding hydrogens is 302 g/mol. The van der Waals surface area contributed by atoms with Crippen LogP contribution in [0, 0.1) is 11.6 Å². The van der Waals surface area contributed by atoms with Gasteiger partial charge in [0.25, 0.3) is 0 Å². The van der Waals surface area contributed by atoms with Crippen molar-refractivity contribution in [2.24, 2.45) is 0 Å². The zero-order chi connectivity index (χ0) is 16.4. The lowest BCUT2D eigenvalue weighted by Crippen LogP contribution is -2.45.